The first-order valence-corrected chi connectivity index (χ1v) is 5.85. The predicted octanol–water partition coefficient (Wildman–Crippen LogP) is 1.10. The van der Waals surface area contributed by atoms with Crippen LogP contribution in [0.2, 0.25) is 0 Å². The minimum absolute atomic E-state index is 0.761. The average Bonchev–Trinajstić information content (AvgIpc) is 2.25. The zero-order chi connectivity index (χ0) is 10.2. The number of ether oxygens (including phenoxy) is 1. The third-order valence-electron chi connectivity index (χ3n) is 2.87. The largest absolute Gasteiger partial charge is 0.381 e. The topological polar surface area (TPSA) is 24.5 Å². The summed E-state index contributed by atoms with van der Waals surface area (Å²) >= 11 is 0. The predicted molar refractivity (Wildman–Crippen MR) is 59.6 cm³/mol. The molecule has 14 heavy (non-hydrogen) atoms. The molecular formula is C11H24N2O. The molecule has 1 fully saturated rings. The van der Waals surface area contributed by atoms with Crippen molar-refractivity contribution in [3.05, 3.63) is 0 Å². The Kier molecular flexibility index (Phi) is 6.15. The zero-order valence-corrected chi connectivity index (χ0v) is 9.59. The summed E-state index contributed by atoms with van der Waals surface area (Å²) < 4.78 is 5.39. The molecule has 0 aromatic rings. The Balaban J connectivity index is 2.30. The molecule has 84 valence electrons. The molecule has 0 spiro atoms. The van der Waals surface area contributed by atoms with Crippen LogP contribution in [0.4, 0.5) is 0 Å². The van der Waals surface area contributed by atoms with Gasteiger partial charge in [0, 0.05) is 32.3 Å². The summed E-state index contributed by atoms with van der Waals surface area (Å²) in [5.74, 6) is 0. The van der Waals surface area contributed by atoms with Gasteiger partial charge in [-0.2, -0.15) is 0 Å². The highest BCUT2D eigenvalue weighted by atomic mass is 16.5. The molecule has 3 nitrogen and oxygen atoms in total. The van der Waals surface area contributed by atoms with Crippen molar-refractivity contribution < 1.29 is 4.74 Å². The SMILES string of the molecule is CCCN(CCNC)C1CCOCC1. The fourth-order valence-electron chi connectivity index (χ4n) is 2.07. The first-order valence-electron chi connectivity index (χ1n) is 5.85. The van der Waals surface area contributed by atoms with E-state index in [2.05, 4.69) is 17.1 Å². The lowest BCUT2D eigenvalue weighted by atomic mass is 10.1. The van der Waals surface area contributed by atoms with Crippen LogP contribution in [0.1, 0.15) is 26.2 Å². The summed E-state index contributed by atoms with van der Waals surface area (Å²) in [6, 6.07) is 0.761. The standard InChI is InChI=1S/C11H24N2O/c1-3-7-13(8-6-12-2)11-4-9-14-10-5-11/h11-12H,3-10H2,1-2H3. The molecule has 1 rings (SSSR count). The Hall–Kier alpha value is -0.120. The fourth-order valence-corrected chi connectivity index (χ4v) is 2.07. The number of hydrogen-bond donors (Lipinski definition) is 1. The van der Waals surface area contributed by atoms with Crippen LogP contribution in [0.25, 0.3) is 0 Å². The van der Waals surface area contributed by atoms with Gasteiger partial charge in [-0.3, -0.25) is 4.90 Å². The van der Waals surface area contributed by atoms with Crippen molar-refractivity contribution in [2.24, 2.45) is 0 Å². The first-order chi connectivity index (χ1) is 6.88. The maximum absolute atomic E-state index is 5.39. The van der Waals surface area contributed by atoms with Crippen LogP contribution in [0.15, 0.2) is 0 Å². The molecule has 0 amide bonds. The van der Waals surface area contributed by atoms with Gasteiger partial charge in [0.1, 0.15) is 0 Å². The van der Waals surface area contributed by atoms with E-state index >= 15 is 0 Å². The van der Waals surface area contributed by atoms with Crippen LogP contribution in [0, 0.1) is 0 Å². The van der Waals surface area contributed by atoms with E-state index in [9.17, 15) is 0 Å². The molecule has 0 radical (unpaired) electrons. The summed E-state index contributed by atoms with van der Waals surface area (Å²) in [5, 5.41) is 3.22. The molecule has 0 aliphatic carbocycles. The van der Waals surface area contributed by atoms with E-state index in [1.54, 1.807) is 0 Å². The number of rotatable bonds is 6. The van der Waals surface area contributed by atoms with E-state index < -0.39 is 0 Å². The summed E-state index contributed by atoms with van der Waals surface area (Å²) in [6.45, 7) is 7.65. The second-order valence-electron chi connectivity index (χ2n) is 3.98. The molecule has 1 heterocycles. The van der Waals surface area contributed by atoms with E-state index in [0.29, 0.717) is 0 Å². The summed E-state index contributed by atoms with van der Waals surface area (Å²) in [6.07, 6.45) is 3.68. The van der Waals surface area contributed by atoms with Gasteiger partial charge in [0.05, 0.1) is 0 Å². The van der Waals surface area contributed by atoms with Crippen LogP contribution in [0.3, 0.4) is 0 Å². The van der Waals surface area contributed by atoms with Crippen molar-refractivity contribution in [2.45, 2.75) is 32.2 Å². The van der Waals surface area contributed by atoms with Gasteiger partial charge in [-0.05, 0) is 32.9 Å². The number of nitrogens with one attached hydrogen (secondary N) is 1. The van der Waals surface area contributed by atoms with Gasteiger partial charge in [0.2, 0.25) is 0 Å². The third kappa shape index (κ3) is 3.95. The Labute approximate surface area is 87.8 Å². The van der Waals surface area contributed by atoms with Crippen molar-refractivity contribution in [1.82, 2.24) is 10.2 Å². The van der Waals surface area contributed by atoms with Crippen molar-refractivity contribution >= 4 is 0 Å². The number of likely N-dealkylation sites (N-methyl/N-ethyl adjacent to an activating group) is 1. The van der Waals surface area contributed by atoms with E-state index in [0.717, 1.165) is 25.8 Å². The summed E-state index contributed by atoms with van der Waals surface area (Å²) in [4.78, 5) is 2.61. The van der Waals surface area contributed by atoms with Crippen LogP contribution in [0.5, 0.6) is 0 Å². The number of nitrogens with zero attached hydrogens (tertiary/aromatic N) is 1. The molecule has 1 saturated heterocycles. The van der Waals surface area contributed by atoms with E-state index in [1.807, 2.05) is 7.05 Å². The lowest BCUT2D eigenvalue weighted by Gasteiger charge is -2.34. The van der Waals surface area contributed by atoms with Crippen molar-refractivity contribution in [2.75, 3.05) is 39.9 Å². The normalized spacial score (nSPS) is 19.1. The molecule has 1 aliphatic heterocycles. The maximum Gasteiger partial charge on any atom is 0.0480 e. The Morgan fingerprint density at radius 3 is 2.57 bits per heavy atom. The maximum atomic E-state index is 5.39. The molecular weight excluding hydrogens is 176 g/mol. The quantitative estimate of drug-likeness (QED) is 0.695. The molecule has 1 N–H and O–H groups in total. The molecule has 1 aliphatic rings. The van der Waals surface area contributed by atoms with E-state index in [-0.39, 0.29) is 0 Å². The molecule has 0 aromatic heterocycles. The fraction of sp³-hybridized carbons (Fsp3) is 1.00. The minimum Gasteiger partial charge on any atom is -0.381 e. The van der Waals surface area contributed by atoms with Gasteiger partial charge in [0.25, 0.3) is 0 Å². The van der Waals surface area contributed by atoms with Crippen molar-refractivity contribution in [1.29, 1.82) is 0 Å². The number of hydrogen-bond acceptors (Lipinski definition) is 3. The van der Waals surface area contributed by atoms with Crippen molar-refractivity contribution in [3.8, 4) is 0 Å². The van der Waals surface area contributed by atoms with Gasteiger partial charge >= 0.3 is 0 Å². The third-order valence-corrected chi connectivity index (χ3v) is 2.87. The lowest BCUT2D eigenvalue weighted by Crippen LogP contribution is -2.42. The van der Waals surface area contributed by atoms with Gasteiger partial charge < -0.3 is 10.1 Å². The van der Waals surface area contributed by atoms with E-state index in [1.165, 1.54) is 32.4 Å². The Morgan fingerprint density at radius 2 is 2.00 bits per heavy atom. The zero-order valence-electron chi connectivity index (χ0n) is 9.59. The molecule has 3 heteroatoms. The van der Waals surface area contributed by atoms with Gasteiger partial charge in [-0.1, -0.05) is 6.92 Å². The smallest absolute Gasteiger partial charge is 0.0480 e. The molecule has 0 bridgehead atoms. The van der Waals surface area contributed by atoms with Gasteiger partial charge in [0.15, 0.2) is 0 Å². The summed E-state index contributed by atoms with van der Waals surface area (Å²) in [5.41, 5.74) is 0. The minimum atomic E-state index is 0.761. The Morgan fingerprint density at radius 1 is 1.29 bits per heavy atom. The van der Waals surface area contributed by atoms with E-state index in [4.69, 9.17) is 4.74 Å². The molecule has 0 unspecified atom stereocenters. The molecule has 0 aromatic carbocycles. The Bertz CT molecular complexity index is 135. The summed E-state index contributed by atoms with van der Waals surface area (Å²) in [7, 11) is 2.02. The lowest BCUT2D eigenvalue weighted by molar-refractivity contribution is 0.0345. The highest BCUT2D eigenvalue weighted by Gasteiger charge is 2.19. The van der Waals surface area contributed by atoms with Gasteiger partial charge in [-0.25, -0.2) is 0 Å². The van der Waals surface area contributed by atoms with Crippen LogP contribution in [-0.4, -0.2) is 50.8 Å². The van der Waals surface area contributed by atoms with Gasteiger partial charge in [-0.15, -0.1) is 0 Å². The van der Waals surface area contributed by atoms with Crippen LogP contribution >= 0.6 is 0 Å². The van der Waals surface area contributed by atoms with Crippen molar-refractivity contribution in [3.63, 3.8) is 0 Å². The van der Waals surface area contributed by atoms with Crippen LogP contribution in [-0.2, 0) is 4.74 Å². The second-order valence-corrected chi connectivity index (χ2v) is 3.98. The highest BCUT2D eigenvalue weighted by Crippen LogP contribution is 2.14. The first kappa shape index (κ1) is 12.0. The van der Waals surface area contributed by atoms with Crippen LogP contribution < -0.4 is 5.32 Å². The second kappa shape index (κ2) is 7.21. The highest BCUT2D eigenvalue weighted by molar-refractivity contribution is 4.74. The average molecular weight is 200 g/mol. The molecule has 0 saturated carbocycles. The monoisotopic (exact) mass is 200 g/mol. The molecule has 0 atom stereocenters.